The largest absolute Gasteiger partial charge is 0.508 e. The van der Waals surface area contributed by atoms with Crippen molar-refractivity contribution < 1.29 is 19.5 Å². The van der Waals surface area contributed by atoms with Crippen LogP contribution < -0.4 is 5.32 Å². The molecule has 0 unspecified atom stereocenters. The molecule has 2 aromatic carbocycles. The monoisotopic (exact) mass is 364 g/mol. The molecule has 1 atom stereocenters. The lowest BCUT2D eigenvalue weighted by molar-refractivity contribution is -0.125. The van der Waals surface area contributed by atoms with E-state index in [-0.39, 0.29) is 17.4 Å². The fourth-order valence-electron chi connectivity index (χ4n) is 3.07. The summed E-state index contributed by atoms with van der Waals surface area (Å²) in [5.41, 5.74) is 0.423. The minimum absolute atomic E-state index is 0.229. The van der Waals surface area contributed by atoms with Gasteiger partial charge in [0.2, 0.25) is 0 Å². The molecule has 27 heavy (non-hydrogen) atoms. The Hall–Kier alpha value is -3.41. The highest BCUT2D eigenvalue weighted by molar-refractivity contribution is 6.14. The van der Waals surface area contributed by atoms with Gasteiger partial charge in [0.1, 0.15) is 17.5 Å². The molecule has 0 spiro atoms. The van der Waals surface area contributed by atoms with Crippen molar-refractivity contribution in [3.8, 4) is 0 Å². The Morgan fingerprint density at radius 3 is 2.00 bits per heavy atom. The van der Waals surface area contributed by atoms with Crippen LogP contribution in [0.25, 0.3) is 0 Å². The van der Waals surface area contributed by atoms with E-state index in [1.807, 2.05) is 0 Å². The molecule has 0 bridgehead atoms. The number of aliphatic hydroxyl groups is 1. The summed E-state index contributed by atoms with van der Waals surface area (Å²) in [4.78, 5) is 39.2. The summed E-state index contributed by atoms with van der Waals surface area (Å²) in [6.07, 6.45) is 0. The smallest absolute Gasteiger partial charge is 0.281 e. The predicted molar refractivity (Wildman–Crippen MR) is 99.8 cm³/mol. The summed E-state index contributed by atoms with van der Waals surface area (Å²) in [5.74, 6) is -2.29. The van der Waals surface area contributed by atoms with E-state index in [1.165, 1.54) is 0 Å². The van der Waals surface area contributed by atoms with Crippen LogP contribution in [0.2, 0.25) is 0 Å². The van der Waals surface area contributed by atoms with E-state index in [1.54, 1.807) is 74.5 Å². The summed E-state index contributed by atoms with van der Waals surface area (Å²) in [5, 5.41) is 13.1. The Morgan fingerprint density at radius 2 is 1.48 bits per heavy atom. The summed E-state index contributed by atoms with van der Waals surface area (Å²) < 4.78 is 0. The molecule has 2 aromatic rings. The molecule has 6 nitrogen and oxygen atoms in total. The number of carbonyl (C=O) groups is 3. The van der Waals surface area contributed by atoms with Gasteiger partial charge in [-0.1, -0.05) is 50.2 Å². The minimum atomic E-state index is -0.837. The van der Waals surface area contributed by atoms with Gasteiger partial charge < -0.3 is 10.4 Å². The zero-order valence-electron chi connectivity index (χ0n) is 15.0. The van der Waals surface area contributed by atoms with Crippen LogP contribution in [0.4, 0.5) is 0 Å². The number of amides is 3. The van der Waals surface area contributed by atoms with Crippen LogP contribution in [0.1, 0.15) is 34.6 Å². The van der Waals surface area contributed by atoms with Crippen molar-refractivity contribution in [1.82, 2.24) is 10.2 Å². The van der Waals surface area contributed by atoms with Crippen molar-refractivity contribution >= 4 is 17.7 Å². The summed E-state index contributed by atoms with van der Waals surface area (Å²) >= 11 is 0. The molecular weight excluding hydrogens is 344 g/mol. The van der Waals surface area contributed by atoms with Crippen molar-refractivity contribution in [2.75, 3.05) is 0 Å². The molecule has 138 valence electrons. The highest BCUT2D eigenvalue weighted by atomic mass is 16.3. The molecule has 1 aliphatic rings. The fraction of sp³-hybridized carbons (Fsp3) is 0.190. The number of aliphatic hydroxyl groups excluding tert-OH is 1. The van der Waals surface area contributed by atoms with Gasteiger partial charge >= 0.3 is 0 Å². The third-order valence-corrected chi connectivity index (χ3v) is 4.39. The Balaban J connectivity index is 1.92. The maximum atomic E-state index is 12.9. The maximum absolute atomic E-state index is 12.9. The van der Waals surface area contributed by atoms with Crippen LogP contribution in [0.5, 0.6) is 0 Å². The first-order valence-electron chi connectivity index (χ1n) is 8.64. The number of nitrogens with zero attached hydrogens (tertiary/aromatic N) is 1. The molecule has 0 fully saturated rings. The van der Waals surface area contributed by atoms with Crippen molar-refractivity contribution in [1.29, 1.82) is 0 Å². The van der Waals surface area contributed by atoms with Gasteiger partial charge in [0.15, 0.2) is 0 Å². The van der Waals surface area contributed by atoms with Gasteiger partial charge in [-0.05, 0) is 30.2 Å². The van der Waals surface area contributed by atoms with E-state index in [9.17, 15) is 19.5 Å². The number of imide groups is 1. The summed E-state index contributed by atoms with van der Waals surface area (Å²) in [7, 11) is 0. The van der Waals surface area contributed by atoms with Crippen molar-refractivity contribution in [2.24, 2.45) is 5.92 Å². The van der Waals surface area contributed by atoms with Gasteiger partial charge in [-0.25, -0.2) is 0 Å². The van der Waals surface area contributed by atoms with Crippen molar-refractivity contribution in [3.05, 3.63) is 83.2 Å². The molecule has 3 rings (SSSR count). The van der Waals surface area contributed by atoms with E-state index >= 15 is 0 Å². The van der Waals surface area contributed by atoms with Crippen molar-refractivity contribution in [2.45, 2.75) is 19.9 Å². The number of hydrogen-bond donors (Lipinski definition) is 2. The molecule has 0 aromatic heterocycles. The van der Waals surface area contributed by atoms with E-state index in [0.29, 0.717) is 11.1 Å². The predicted octanol–water partition coefficient (Wildman–Crippen LogP) is 2.89. The molecular formula is C21H20N2O4. The quantitative estimate of drug-likeness (QED) is 0.817. The molecule has 3 amide bonds. The standard InChI is InChI=1S/C21H20N2O4/c1-13(2)17-18(24)16(22-19(25)14-9-5-3-6-10-14)21(27)23(17)20(26)15-11-7-4-8-12-15/h3-13,17,24H,1-2H3,(H,22,25)/t17-/m0/s1. The minimum Gasteiger partial charge on any atom is -0.508 e. The van der Waals surface area contributed by atoms with E-state index in [0.717, 1.165) is 4.90 Å². The second-order valence-corrected chi connectivity index (χ2v) is 6.62. The zero-order valence-corrected chi connectivity index (χ0v) is 15.0. The number of hydrogen-bond acceptors (Lipinski definition) is 4. The second kappa shape index (κ2) is 7.45. The summed E-state index contributed by atoms with van der Waals surface area (Å²) in [6, 6.07) is 15.9. The average molecular weight is 364 g/mol. The van der Waals surface area contributed by atoms with Gasteiger partial charge in [0.05, 0.1) is 0 Å². The van der Waals surface area contributed by atoms with Crippen LogP contribution in [0.15, 0.2) is 72.1 Å². The fourth-order valence-corrected chi connectivity index (χ4v) is 3.07. The average Bonchev–Trinajstić information content (AvgIpc) is 2.93. The molecule has 1 heterocycles. The van der Waals surface area contributed by atoms with Crippen LogP contribution in [0, 0.1) is 5.92 Å². The zero-order chi connectivity index (χ0) is 19.6. The lowest BCUT2D eigenvalue weighted by Gasteiger charge is -2.26. The molecule has 6 heteroatoms. The number of benzene rings is 2. The van der Waals surface area contributed by atoms with Gasteiger partial charge in [-0.15, -0.1) is 0 Å². The van der Waals surface area contributed by atoms with E-state index in [4.69, 9.17) is 0 Å². The normalized spacial score (nSPS) is 16.8. The highest BCUT2D eigenvalue weighted by Crippen LogP contribution is 2.30. The van der Waals surface area contributed by atoms with Crippen LogP contribution in [0.3, 0.4) is 0 Å². The lowest BCUT2D eigenvalue weighted by Crippen LogP contribution is -2.44. The Labute approximate surface area is 157 Å². The van der Waals surface area contributed by atoms with Gasteiger partial charge in [0.25, 0.3) is 17.7 Å². The number of rotatable bonds is 4. The van der Waals surface area contributed by atoms with Crippen LogP contribution in [-0.2, 0) is 4.79 Å². The number of nitrogens with one attached hydrogen (secondary N) is 1. The lowest BCUT2D eigenvalue weighted by atomic mass is 10.0. The molecule has 0 radical (unpaired) electrons. The van der Waals surface area contributed by atoms with E-state index in [2.05, 4.69) is 5.32 Å². The molecule has 0 saturated heterocycles. The first kappa shape index (κ1) is 18.4. The first-order valence-corrected chi connectivity index (χ1v) is 8.64. The maximum Gasteiger partial charge on any atom is 0.281 e. The molecule has 2 N–H and O–H groups in total. The number of carbonyl (C=O) groups excluding carboxylic acids is 3. The Kier molecular flexibility index (Phi) is 5.07. The molecule has 0 aliphatic carbocycles. The van der Waals surface area contributed by atoms with Crippen LogP contribution >= 0.6 is 0 Å². The van der Waals surface area contributed by atoms with E-state index < -0.39 is 23.8 Å². The van der Waals surface area contributed by atoms with Gasteiger partial charge in [-0.3, -0.25) is 19.3 Å². The van der Waals surface area contributed by atoms with Crippen LogP contribution in [-0.4, -0.2) is 33.8 Å². The molecule has 1 aliphatic heterocycles. The topological polar surface area (TPSA) is 86.7 Å². The third-order valence-electron chi connectivity index (χ3n) is 4.39. The highest BCUT2D eigenvalue weighted by Gasteiger charge is 2.45. The first-order chi connectivity index (χ1) is 12.9. The SMILES string of the molecule is CC(C)[C@H]1C(O)=C(NC(=O)c2ccccc2)C(=O)N1C(=O)c1ccccc1. The van der Waals surface area contributed by atoms with Crippen molar-refractivity contribution in [3.63, 3.8) is 0 Å². The Morgan fingerprint density at radius 1 is 0.963 bits per heavy atom. The molecule has 0 saturated carbocycles. The van der Waals surface area contributed by atoms with Gasteiger partial charge in [0, 0.05) is 11.1 Å². The second-order valence-electron chi connectivity index (χ2n) is 6.62. The third kappa shape index (κ3) is 3.46. The summed E-state index contributed by atoms with van der Waals surface area (Å²) in [6.45, 7) is 3.59. The van der Waals surface area contributed by atoms with Gasteiger partial charge in [-0.2, -0.15) is 0 Å². The Bertz CT molecular complexity index is 904.